The van der Waals surface area contributed by atoms with E-state index in [1.54, 1.807) is 0 Å². The zero-order chi connectivity index (χ0) is 54.8. The molecule has 0 aromatic rings. The third kappa shape index (κ3) is 58.5. The smallest absolute Gasteiger partial charge is 0.306 e. The Morgan fingerprint density at radius 3 is 1.09 bits per heavy atom. The number of hydrogen-bond donors (Lipinski definition) is 0. The molecular formula is C66H119NO8. The van der Waals surface area contributed by atoms with Crippen LogP contribution in [0.25, 0.3) is 0 Å². The lowest BCUT2D eigenvalue weighted by atomic mass is 10.0. The molecule has 0 N–H and O–H groups in total. The van der Waals surface area contributed by atoms with Gasteiger partial charge in [0.05, 0.1) is 40.3 Å². The molecule has 0 aliphatic rings. The van der Waals surface area contributed by atoms with Gasteiger partial charge in [-0.2, -0.15) is 0 Å². The summed E-state index contributed by atoms with van der Waals surface area (Å²) in [5.41, 5.74) is 0. The van der Waals surface area contributed by atoms with Crippen molar-refractivity contribution in [3.63, 3.8) is 0 Å². The molecule has 0 aliphatic heterocycles. The number of esters is 2. The third-order valence-electron chi connectivity index (χ3n) is 13.7. The highest BCUT2D eigenvalue weighted by Crippen LogP contribution is 2.17. The van der Waals surface area contributed by atoms with E-state index in [-0.39, 0.29) is 38.6 Å². The fraction of sp³-hybridized carbons (Fsp3) is 0.803. The highest BCUT2D eigenvalue weighted by atomic mass is 16.7. The summed E-state index contributed by atoms with van der Waals surface area (Å²) in [5, 5.41) is 11.8. The fourth-order valence-electron chi connectivity index (χ4n) is 8.87. The predicted molar refractivity (Wildman–Crippen MR) is 315 cm³/mol. The van der Waals surface area contributed by atoms with Gasteiger partial charge in [-0.05, 0) is 83.5 Å². The Kier molecular flexibility index (Phi) is 54.9. The predicted octanol–water partition coefficient (Wildman–Crippen LogP) is 17.5. The lowest BCUT2D eigenvalue weighted by molar-refractivity contribution is -0.870. The number of nitrogens with zero attached hydrogens (tertiary/aromatic N) is 1. The van der Waals surface area contributed by atoms with Gasteiger partial charge >= 0.3 is 11.9 Å². The zero-order valence-electron chi connectivity index (χ0n) is 49.7. The number of allylic oxidation sites excluding steroid dienone is 10. The van der Waals surface area contributed by atoms with E-state index in [2.05, 4.69) is 74.6 Å². The van der Waals surface area contributed by atoms with Crippen LogP contribution in [-0.4, -0.2) is 82.3 Å². The monoisotopic (exact) mass is 1050 g/mol. The summed E-state index contributed by atoms with van der Waals surface area (Å²) in [6.45, 7) is 4.73. The van der Waals surface area contributed by atoms with E-state index < -0.39 is 24.3 Å². The number of rotatable bonds is 58. The van der Waals surface area contributed by atoms with Gasteiger partial charge in [0.15, 0.2) is 12.4 Å². The second kappa shape index (κ2) is 57.2. The molecular weight excluding hydrogens is 935 g/mol. The summed E-state index contributed by atoms with van der Waals surface area (Å²) >= 11 is 0. The van der Waals surface area contributed by atoms with Gasteiger partial charge in [-0.15, -0.1) is 0 Å². The molecule has 0 spiro atoms. The molecule has 0 saturated carbocycles. The van der Waals surface area contributed by atoms with Crippen molar-refractivity contribution in [1.29, 1.82) is 0 Å². The third-order valence-corrected chi connectivity index (χ3v) is 13.7. The molecule has 0 rings (SSSR count). The minimum absolute atomic E-state index is 0.146. The van der Waals surface area contributed by atoms with Gasteiger partial charge in [0, 0.05) is 12.8 Å². The van der Waals surface area contributed by atoms with Crippen LogP contribution in [0, 0.1) is 0 Å². The molecule has 0 amide bonds. The minimum Gasteiger partial charge on any atom is -0.545 e. The number of carbonyl (C=O) groups excluding carboxylic acids is 3. The van der Waals surface area contributed by atoms with Crippen molar-refractivity contribution < 1.29 is 42.9 Å². The van der Waals surface area contributed by atoms with Crippen molar-refractivity contribution in [2.45, 2.75) is 296 Å². The number of likely N-dealkylation sites (N-methyl/N-ethyl adjacent to an activating group) is 1. The second-order valence-corrected chi connectivity index (χ2v) is 22.3. The molecule has 0 aliphatic carbocycles. The van der Waals surface area contributed by atoms with Crippen LogP contribution < -0.4 is 5.11 Å². The summed E-state index contributed by atoms with van der Waals surface area (Å²) in [4.78, 5) is 37.3. The largest absolute Gasteiger partial charge is 0.545 e. The van der Waals surface area contributed by atoms with Crippen molar-refractivity contribution in [3.05, 3.63) is 60.8 Å². The van der Waals surface area contributed by atoms with Gasteiger partial charge in [-0.3, -0.25) is 9.59 Å². The Bertz CT molecular complexity index is 1410. The fourth-order valence-corrected chi connectivity index (χ4v) is 8.87. The summed E-state index contributed by atoms with van der Waals surface area (Å²) in [6, 6.07) is 0. The van der Waals surface area contributed by atoms with Gasteiger partial charge in [-0.1, -0.05) is 248 Å². The van der Waals surface area contributed by atoms with Crippen molar-refractivity contribution in [3.8, 4) is 0 Å². The van der Waals surface area contributed by atoms with Crippen molar-refractivity contribution >= 4 is 17.9 Å². The number of quaternary nitrogens is 1. The van der Waals surface area contributed by atoms with E-state index in [0.717, 1.165) is 64.2 Å². The molecule has 0 heterocycles. The van der Waals surface area contributed by atoms with E-state index in [0.29, 0.717) is 17.4 Å². The Morgan fingerprint density at radius 1 is 0.400 bits per heavy atom. The molecule has 2 unspecified atom stereocenters. The molecule has 0 aromatic heterocycles. The van der Waals surface area contributed by atoms with Gasteiger partial charge < -0.3 is 33.3 Å². The Labute approximate surface area is 463 Å². The van der Waals surface area contributed by atoms with Crippen LogP contribution in [0.1, 0.15) is 284 Å². The first-order chi connectivity index (χ1) is 36.6. The van der Waals surface area contributed by atoms with Crippen LogP contribution in [-0.2, 0) is 33.3 Å². The highest BCUT2D eigenvalue weighted by Gasteiger charge is 2.22. The van der Waals surface area contributed by atoms with Crippen molar-refractivity contribution in [2.24, 2.45) is 0 Å². The van der Waals surface area contributed by atoms with Crippen LogP contribution in [0.2, 0.25) is 0 Å². The number of aliphatic carboxylic acids is 1. The number of ether oxygens (including phenoxy) is 4. The minimum atomic E-state index is -1.62. The average molecular weight is 1050 g/mol. The van der Waals surface area contributed by atoms with Gasteiger partial charge in [0.25, 0.3) is 0 Å². The lowest BCUT2D eigenvalue weighted by Gasteiger charge is -2.26. The van der Waals surface area contributed by atoms with E-state index in [1.807, 2.05) is 21.1 Å². The Hall–Kier alpha value is -3.01. The number of unbranched alkanes of at least 4 members (excludes halogenated alkanes) is 33. The SMILES string of the molecule is CCCCC/C=C\C/C=C\CCCCCCCCCC(=O)OCC(COC(OCC[N+](C)(C)C)C(=O)[O-])OC(=O)CCCCCCCCCCCCCCCCCCCC/C=C\C/C=C\C/C=C\CCCCCCC. The first-order valence-electron chi connectivity index (χ1n) is 31.4. The van der Waals surface area contributed by atoms with E-state index >= 15 is 0 Å². The number of carboxylic acid groups (broad SMARTS) is 1. The maximum atomic E-state index is 12.9. The highest BCUT2D eigenvalue weighted by molar-refractivity contribution is 5.70. The molecule has 0 fully saturated rings. The Morgan fingerprint density at radius 2 is 0.720 bits per heavy atom. The molecule has 0 saturated heterocycles. The van der Waals surface area contributed by atoms with Crippen molar-refractivity contribution in [1.82, 2.24) is 0 Å². The van der Waals surface area contributed by atoms with Crippen LogP contribution >= 0.6 is 0 Å². The van der Waals surface area contributed by atoms with E-state index in [9.17, 15) is 19.5 Å². The first-order valence-corrected chi connectivity index (χ1v) is 31.4. The quantitative estimate of drug-likeness (QED) is 0.0195. The van der Waals surface area contributed by atoms with E-state index in [1.165, 1.54) is 186 Å². The second-order valence-electron chi connectivity index (χ2n) is 22.3. The van der Waals surface area contributed by atoms with E-state index in [4.69, 9.17) is 18.9 Å². The van der Waals surface area contributed by atoms with Crippen LogP contribution in [0.15, 0.2) is 60.8 Å². The average Bonchev–Trinajstić information content (AvgIpc) is 3.38. The van der Waals surface area contributed by atoms with Gasteiger partial charge in [-0.25, -0.2) is 0 Å². The van der Waals surface area contributed by atoms with Crippen LogP contribution in [0.5, 0.6) is 0 Å². The number of carboxylic acids is 1. The number of hydrogen-bond acceptors (Lipinski definition) is 8. The first kappa shape index (κ1) is 72.0. The summed E-state index contributed by atoms with van der Waals surface area (Å²) in [7, 11) is 5.92. The normalized spacial score (nSPS) is 13.1. The van der Waals surface area contributed by atoms with Gasteiger partial charge in [0.1, 0.15) is 13.2 Å². The summed E-state index contributed by atoms with van der Waals surface area (Å²) in [6.07, 6.45) is 70.0. The van der Waals surface area contributed by atoms with Crippen LogP contribution in [0.4, 0.5) is 0 Å². The van der Waals surface area contributed by atoms with Crippen LogP contribution in [0.3, 0.4) is 0 Å². The topological polar surface area (TPSA) is 111 Å². The standard InChI is InChI=1S/C66H119NO8/c1-6-8-10-12-14-16-18-20-22-24-25-26-27-28-29-30-31-32-33-34-35-36-37-38-39-41-43-45-47-49-51-53-55-57-64(69)75-62(61-74-66(65(70)71)72-59-58-67(3,4)5)60-73-63(68)56-54-52-50-48-46-44-42-40-23-21-19-17-15-13-11-9-7-2/h15,17-18,20-21,23-25,27-28,62,66H,6-14,16,19,22,26,29-61H2,1-5H3/b17-15-,20-18-,23-21-,25-24-,28-27-. The van der Waals surface area contributed by atoms with Gasteiger partial charge in [0.2, 0.25) is 0 Å². The Balaban J connectivity index is 4.11. The molecule has 2 atom stereocenters. The molecule has 9 nitrogen and oxygen atoms in total. The molecule has 436 valence electrons. The summed E-state index contributed by atoms with van der Waals surface area (Å²) in [5.74, 6) is -2.28. The molecule has 0 radical (unpaired) electrons. The molecule has 9 heteroatoms. The summed E-state index contributed by atoms with van der Waals surface area (Å²) < 4.78 is 22.7. The number of carbonyl (C=O) groups is 3. The maximum Gasteiger partial charge on any atom is 0.306 e. The lowest BCUT2D eigenvalue weighted by Crippen LogP contribution is -2.44. The molecule has 0 bridgehead atoms. The molecule has 0 aromatic carbocycles. The maximum absolute atomic E-state index is 12.9. The molecule has 75 heavy (non-hydrogen) atoms. The van der Waals surface area contributed by atoms with Crippen molar-refractivity contribution in [2.75, 3.05) is 47.5 Å². The zero-order valence-corrected chi connectivity index (χ0v) is 49.7.